The predicted molar refractivity (Wildman–Crippen MR) is 87.2 cm³/mol. The molecule has 21 heavy (non-hydrogen) atoms. The summed E-state index contributed by atoms with van der Waals surface area (Å²) in [4.78, 5) is 0. The number of hydrazine groups is 1. The van der Waals surface area contributed by atoms with E-state index in [4.69, 9.17) is 22.2 Å². The maximum Gasteiger partial charge on any atom is 0.0904 e. The number of halogens is 2. The summed E-state index contributed by atoms with van der Waals surface area (Å²) in [5, 5.41) is 5.05. The Balaban J connectivity index is 2.46. The van der Waals surface area contributed by atoms with Crippen molar-refractivity contribution < 1.29 is 4.74 Å². The van der Waals surface area contributed by atoms with Crippen LogP contribution < -0.4 is 11.3 Å². The van der Waals surface area contributed by atoms with Crippen molar-refractivity contribution in [2.24, 2.45) is 5.84 Å². The molecular formula is C14H18BrClN4O. The standard InChI is InChI=1S/C14H18BrClN4O/c1-9-4-3-5-10(12(9)16)13(19-17)14-11(15)8-18-20(14)6-7-21-2/h3-5,8,13,19H,6-7,17H2,1-2H3. The molecule has 3 N–H and O–H groups in total. The number of methoxy groups -OCH3 is 1. The molecule has 0 aliphatic carbocycles. The molecule has 2 rings (SSSR count). The van der Waals surface area contributed by atoms with Crippen LogP contribution in [-0.2, 0) is 11.3 Å². The monoisotopic (exact) mass is 372 g/mol. The minimum Gasteiger partial charge on any atom is -0.383 e. The number of nitrogens with zero attached hydrogens (tertiary/aromatic N) is 2. The quantitative estimate of drug-likeness (QED) is 0.604. The Morgan fingerprint density at radius 1 is 1.52 bits per heavy atom. The van der Waals surface area contributed by atoms with Gasteiger partial charge in [-0.2, -0.15) is 5.10 Å². The van der Waals surface area contributed by atoms with Crippen molar-refractivity contribution in [3.05, 3.63) is 50.7 Å². The Morgan fingerprint density at radius 2 is 2.29 bits per heavy atom. The molecule has 0 amide bonds. The lowest BCUT2D eigenvalue weighted by atomic mass is 10.0. The number of aryl methyl sites for hydroxylation is 1. The van der Waals surface area contributed by atoms with Gasteiger partial charge < -0.3 is 4.74 Å². The zero-order valence-electron chi connectivity index (χ0n) is 11.9. The normalized spacial score (nSPS) is 12.6. The number of benzene rings is 1. The third kappa shape index (κ3) is 3.46. The number of rotatable bonds is 6. The summed E-state index contributed by atoms with van der Waals surface area (Å²) in [6, 6.07) is 5.63. The third-order valence-electron chi connectivity index (χ3n) is 3.31. The Bertz CT molecular complexity index is 617. The van der Waals surface area contributed by atoms with Crippen molar-refractivity contribution in [2.45, 2.75) is 19.5 Å². The van der Waals surface area contributed by atoms with Gasteiger partial charge in [0, 0.05) is 12.1 Å². The number of hydrogen-bond acceptors (Lipinski definition) is 4. The highest BCUT2D eigenvalue weighted by Gasteiger charge is 2.23. The first-order valence-corrected chi connectivity index (χ1v) is 7.68. The second-order valence-corrected chi connectivity index (χ2v) is 5.90. The van der Waals surface area contributed by atoms with Gasteiger partial charge in [-0.25, -0.2) is 5.43 Å². The summed E-state index contributed by atoms with van der Waals surface area (Å²) in [7, 11) is 1.66. The topological polar surface area (TPSA) is 65.1 Å². The van der Waals surface area contributed by atoms with Gasteiger partial charge in [-0.05, 0) is 34.0 Å². The Hall–Kier alpha value is -0.920. The van der Waals surface area contributed by atoms with Gasteiger partial charge in [-0.15, -0.1) is 0 Å². The average Bonchev–Trinajstić information content (AvgIpc) is 2.83. The average molecular weight is 374 g/mol. The maximum absolute atomic E-state index is 6.43. The fourth-order valence-electron chi connectivity index (χ4n) is 2.22. The third-order valence-corrected chi connectivity index (χ3v) is 4.44. The largest absolute Gasteiger partial charge is 0.383 e. The van der Waals surface area contributed by atoms with E-state index in [0.29, 0.717) is 18.2 Å². The van der Waals surface area contributed by atoms with E-state index in [1.165, 1.54) is 0 Å². The molecule has 1 aromatic heterocycles. The van der Waals surface area contributed by atoms with Crippen LogP contribution in [0.5, 0.6) is 0 Å². The predicted octanol–water partition coefficient (Wildman–Crippen LogP) is 2.81. The lowest BCUT2D eigenvalue weighted by Gasteiger charge is -2.20. The molecule has 0 fully saturated rings. The molecule has 1 heterocycles. The van der Waals surface area contributed by atoms with E-state index in [-0.39, 0.29) is 6.04 Å². The van der Waals surface area contributed by atoms with Crippen LogP contribution in [0, 0.1) is 6.92 Å². The first-order valence-electron chi connectivity index (χ1n) is 6.51. The van der Waals surface area contributed by atoms with Gasteiger partial charge in [0.15, 0.2) is 0 Å². The second-order valence-electron chi connectivity index (χ2n) is 4.67. The van der Waals surface area contributed by atoms with Gasteiger partial charge in [0.05, 0.1) is 35.6 Å². The number of nitrogens with two attached hydrogens (primary N) is 1. The molecular weight excluding hydrogens is 356 g/mol. The van der Waals surface area contributed by atoms with Crippen LogP contribution >= 0.6 is 27.5 Å². The highest BCUT2D eigenvalue weighted by atomic mass is 79.9. The molecule has 5 nitrogen and oxygen atoms in total. The van der Waals surface area contributed by atoms with Gasteiger partial charge in [0.2, 0.25) is 0 Å². The van der Waals surface area contributed by atoms with Crippen LogP contribution in [0.4, 0.5) is 0 Å². The molecule has 0 aliphatic heterocycles. The summed E-state index contributed by atoms with van der Waals surface area (Å²) in [5.41, 5.74) is 5.67. The van der Waals surface area contributed by atoms with E-state index in [9.17, 15) is 0 Å². The van der Waals surface area contributed by atoms with Crippen LogP contribution in [0.25, 0.3) is 0 Å². The van der Waals surface area contributed by atoms with Gasteiger partial charge in [0.25, 0.3) is 0 Å². The molecule has 2 aromatic rings. The molecule has 0 radical (unpaired) electrons. The summed E-state index contributed by atoms with van der Waals surface area (Å²) < 4.78 is 7.85. The first kappa shape index (κ1) is 16.5. The fourth-order valence-corrected chi connectivity index (χ4v) is 2.98. The van der Waals surface area contributed by atoms with E-state index in [0.717, 1.165) is 21.3 Å². The lowest BCUT2D eigenvalue weighted by molar-refractivity contribution is 0.182. The molecule has 1 unspecified atom stereocenters. The molecule has 0 saturated heterocycles. The number of hydrogen-bond donors (Lipinski definition) is 2. The van der Waals surface area contributed by atoms with Gasteiger partial charge in [0.1, 0.15) is 0 Å². The summed E-state index contributed by atoms with van der Waals surface area (Å²) in [5.74, 6) is 5.78. The second kappa shape index (κ2) is 7.38. The molecule has 0 saturated carbocycles. The van der Waals surface area contributed by atoms with Gasteiger partial charge in [-0.3, -0.25) is 10.5 Å². The Labute approximate surface area is 137 Å². The van der Waals surface area contributed by atoms with Gasteiger partial charge in [-0.1, -0.05) is 29.8 Å². The summed E-state index contributed by atoms with van der Waals surface area (Å²) in [6.45, 7) is 3.18. The number of nitrogens with one attached hydrogen (secondary N) is 1. The molecule has 0 bridgehead atoms. The molecule has 0 aliphatic rings. The Kier molecular flexibility index (Phi) is 5.78. The summed E-state index contributed by atoms with van der Waals surface area (Å²) >= 11 is 9.96. The van der Waals surface area contributed by atoms with Crippen LogP contribution in [-0.4, -0.2) is 23.5 Å². The molecule has 1 atom stereocenters. The van der Waals surface area contributed by atoms with E-state index in [2.05, 4.69) is 26.5 Å². The van der Waals surface area contributed by atoms with Crippen molar-refractivity contribution in [2.75, 3.05) is 13.7 Å². The number of aromatic nitrogens is 2. The SMILES string of the molecule is COCCn1ncc(Br)c1C(NN)c1cccc(C)c1Cl. The molecule has 114 valence electrons. The maximum atomic E-state index is 6.43. The zero-order valence-corrected chi connectivity index (χ0v) is 14.3. The highest BCUT2D eigenvalue weighted by Crippen LogP contribution is 2.33. The first-order chi connectivity index (χ1) is 10.1. The van der Waals surface area contributed by atoms with Crippen molar-refractivity contribution in [3.8, 4) is 0 Å². The van der Waals surface area contributed by atoms with Crippen LogP contribution in [0.3, 0.4) is 0 Å². The van der Waals surface area contributed by atoms with E-state index in [1.807, 2.05) is 29.8 Å². The van der Waals surface area contributed by atoms with E-state index in [1.54, 1.807) is 13.3 Å². The minimum absolute atomic E-state index is 0.258. The highest BCUT2D eigenvalue weighted by molar-refractivity contribution is 9.10. The molecule has 7 heteroatoms. The van der Waals surface area contributed by atoms with Gasteiger partial charge >= 0.3 is 0 Å². The molecule has 1 aromatic carbocycles. The van der Waals surface area contributed by atoms with Crippen molar-refractivity contribution in [3.63, 3.8) is 0 Å². The van der Waals surface area contributed by atoms with Crippen LogP contribution in [0.2, 0.25) is 5.02 Å². The summed E-state index contributed by atoms with van der Waals surface area (Å²) in [6.07, 6.45) is 1.75. The lowest BCUT2D eigenvalue weighted by Crippen LogP contribution is -2.31. The smallest absolute Gasteiger partial charge is 0.0904 e. The van der Waals surface area contributed by atoms with E-state index < -0.39 is 0 Å². The van der Waals surface area contributed by atoms with Crippen molar-refractivity contribution in [1.82, 2.24) is 15.2 Å². The van der Waals surface area contributed by atoms with E-state index >= 15 is 0 Å². The zero-order chi connectivity index (χ0) is 15.4. The fraction of sp³-hybridized carbons (Fsp3) is 0.357. The van der Waals surface area contributed by atoms with Crippen LogP contribution in [0.1, 0.15) is 22.9 Å². The van der Waals surface area contributed by atoms with Crippen molar-refractivity contribution in [1.29, 1.82) is 0 Å². The Morgan fingerprint density at radius 3 is 2.95 bits per heavy atom. The minimum atomic E-state index is -0.258. The molecule has 0 spiro atoms. The van der Waals surface area contributed by atoms with Crippen molar-refractivity contribution >= 4 is 27.5 Å². The number of ether oxygens (including phenoxy) is 1. The van der Waals surface area contributed by atoms with Crippen LogP contribution in [0.15, 0.2) is 28.9 Å².